The van der Waals surface area contributed by atoms with Crippen molar-refractivity contribution in [1.82, 2.24) is 4.90 Å². The third-order valence-corrected chi connectivity index (χ3v) is 1.91. The van der Waals surface area contributed by atoms with E-state index < -0.39 is 30.7 Å². The highest BCUT2D eigenvalue weighted by Crippen LogP contribution is 2.18. The van der Waals surface area contributed by atoms with E-state index in [0.717, 1.165) is 0 Å². The number of carbonyl (C=O) groups is 1. The van der Waals surface area contributed by atoms with E-state index in [1.165, 1.54) is 13.8 Å². The van der Waals surface area contributed by atoms with Crippen LogP contribution in [0.2, 0.25) is 0 Å². The molecule has 0 spiro atoms. The molecule has 0 fully saturated rings. The number of halogens is 3. The normalized spacial score (nSPS) is 13.4. The highest BCUT2D eigenvalue weighted by atomic mass is 19.4. The third kappa shape index (κ3) is 5.03. The summed E-state index contributed by atoms with van der Waals surface area (Å²) in [6, 6.07) is -1.65. The van der Waals surface area contributed by atoms with E-state index >= 15 is 0 Å². The lowest BCUT2D eigenvalue weighted by Gasteiger charge is -2.29. The molecule has 0 heterocycles. The summed E-state index contributed by atoms with van der Waals surface area (Å²) >= 11 is 0. The van der Waals surface area contributed by atoms with E-state index in [-0.39, 0.29) is 6.42 Å². The first-order chi connectivity index (χ1) is 7.19. The van der Waals surface area contributed by atoms with Gasteiger partial charge in [-0.25, -0.2) is 0 Å². The highest BCUT2D eigenvalue weighted by molar-refractivity contribution is 5.82. The van der Waals surface area contributed by atoms with Crippen LogP contribution in [-0.2, 0) is 4.79 Å². The lowest BCUT2D eigenvalue weighted by atomic mass is 10.1. The predicted octanol–water partition coefficient (Wildman–Crippen LogP) is 1.14. The zero-order chi connectivity index (χ0) is 12.9. The number of hydrogen-bond donors (Lipinski definition) is 1. The molecule has 0 saturated heterocycles. The van der Waals surface area contributed by atoms with Crippen molar-refractivity contribution in [2.45, 2.75) is 38.5 Å². The number of hydrogen-bond acceptors (Lipinski definition) is 2. The second kappa shape index (κ2) is 5.75. The number of alkyl halides is 3. The summed E-state index contributed by atoms with van der Waals surface area (Å²) in [4.78, 5) is 12.2. The van der Waals surface area contributed by atoms with Gasteiger partial charge in [0.15, 0.2) is 0 Å². The second-order valence-corrected chi connectivity index (χ2v) is 3.69. The Morgan fingerprint density at radius 1 is 1.50 bits per heavy atom. The molecule has 1 unspecified atom stereocenters. The van der Waals surface area contributed by atoms with Gasteiger partial charge in [0.1, 0.15) is 6.54 Å². The highest BCUT2D eigenvalue weighted by Gasteiger charge is 2.35. The molecule has 0 aromatic heterocycles. The topological polar surface area (TPSA) is 46.3 Å². The second-order valence-electron chi connectivity index (χ2n) is 3.69. The number of amides is 1. The summed E-state index contributed by atoms with van der Waals surface area (Å²) in [5, 5.41) is 0. The first-order valence-electron chi connectivity index (χ1n) is 4.75. The van der Waals surface area contributed by atoms with Crippen molar-refractivity contribution < 1.29 is 18.0 Å². The summed E-state index contributed by atoms with van der Waals surface area (Å²) < 4.78 is 36.6. The fourth-order valence-corrected chi connectivity index (χ4v) is 1.14. The smallest absolute Gasteiger partial charge is 0.330 e. The monoisotopic (exact) mass is 236 g/mol. The van der Waals surface area contributed by atoms with E-state index in [1.54, 1.807) is 0 Å². The van der Waals surface area contributed by atoms with E-state index in [4.69, 9.17) is 12.2 Å². The summed E-state index contributed by atoms with van der Waals surface area (Å²) in [5.74, 6) is 1.38. The SMILES string of the molecule is C#CCC(N)C(=O)N(CC(F)(F)F)C(C)C. The first kappa shape index (κ1) is 14.8. The van der Waals surface area contributed by atoms with Crippen molar-refractivity contribution >= 4 is 5.91 Å². The Morgan fingerprint density at radius 3 is 2.31 bits per heavy atom. The van der Waals surface area contributed by atoms with Crippen molar-refractivity contribution in [1.29, 1.82) is 0 Å². The molecule has 0 aromatic carbocycles. The maximum absolute atomic E-state index is 12.2. The average molecular weight is 236 g/mol. The Hall–Kier alpha value is -1.22. The van der Waals surface area contributed by atoms with E-state index in [1.807, 2.05) is 0 Å². The Balaban J connectivity index is 4.68. The third-order valence-electron chi connectivity index (χ3n) is 1.91. The predicted molar refractivity (Wildman–Crippen MR) is 54.3 cm³/mol. The molecule has 6 heteroatoms. The van der Waals surface area contributed by atoms with Gasteiger partial charge < -0.3 is 10.6 Å². The van der Waals surface area contributed by atoms with Gasteiger partial charge >= 0.3 is 6.18 Å². The van der Waals surface area contributed by atoms with Crippen LogP contribution in [0.1, 0.15) is 20.3 Å². The van der Waals surface area contributed by atoms with Crippen LogP contribution in [-0.4, -0.2) is 35.6 Å². The number of nitrogens with zero attached hydrogens (tertiary/aromatic N) is 1. The van der Waals surface area contributed by atoms with Gasteiger partial charge in [-0.05, 0) is 13.8 Å². The number of terminal acetylenes is 1. The maximum atomic E-state index is 12.2. The number of carbonyl (C=O) groups excluding carboxylic acids is 1. The van der Waals surface area contributed by atoms with Crippen LogP contribution in [0, 0.1) is 12.3 Å². The Morgan fingerprint density at radius 2 is 2.00 bits per heavy atom. The molecule has 0 bridgehead atoms. The molecule has 0 saturated carbocycles. The molecule has 0 aliphatic rings. The summed E-state index contributed by atoms with van der Waals surface area (Å²) in [6.07, 6.45) is 0.444. The van der Waals surface area contributed by atoms with Gasteiger partial charge in [-0.15, -0.1) is 12.3 Å². The summed E-state index contributed by atoms with van der Waals surface area (Å²) in [6.45, 7) is 1.68. The lowest BCUT2D eigenvalue weighted by Crippen LogP contribution is -2.50. The van der Waals surface area contributed by atoms with Crippen LogP contribution in [0.5, 0.6) is 0 Å². The van der Waals surface area contributed by atoms with Gasteiger partial charge in [-0.1, -0.05) is 0 Å². The van der Waals surface area contributed by atoms with Crippen LogP contribution in [0.3, 0.4) is 0 Å². The average Bonchev–Trinajstić information content (AvgIpc) is 2.11. The molecule has 0 rings (SSSR count). The minimum absolute atomic E-state index is 0.0695. The Labute approximate surface area is 92.8 Å². The molecule has 0 radical (unpaired) electrons. The van der Waals surface area contributed by atoms with Crippen LogP contribution in [0.25, 0.3) is 0 Å². The van der Waals surface area contributed by atoms with Crippen LogP contribution >= 0.6 is 0 Å². The fraction of sp³-hybridized carbons (Fsp3) is 0.700. The fourth-order valence-electron chi connectivity index (χ4n) is 1.14. The molecule has 3 nitrogen and oxygen atoms in total. The molecule has 2 N–H and O–H groups in total. The van der Waals surface area contributed by atoms with Gasteiger partial charge in [0.25, 0.3) is 0 Å². The van der Waals surface area contributed by atoms with Crippen molar-refractivity contribution in [3.05, 3.63) is 0 Å². The maximum Gasteiger partial charge on any atom is 0.406 e. The minimum atomic E-state index is -4.43. The van der Waals surface area contributed by atoms with E-state index in [9.17, 15) is 18.0 Å². The lowest BCUT2D eigenvalue weighted by molar-refractivity contribution is -0.165. The van der Waals surface area contributed by atoms with Crippen molar-refractivity contribution in [3.8, 4) is 12.3 Å². The Bertz CT molecular complexity index is 281. The Kier molecular flexibility index (Phi) is 5.31. The van der Waals surface area contributed by atoms with Crippen molar-refractivity contribution in [2.75, 3.05) is 6.54 Å². The van der Waals surface area contributed by atoms with Gasteiger partial charge in [0.2, 0.25) is 5.91 Å². The molecule has 0 aliphatic heterocycles. The van der Waals surface area contributed by atoms with Crippen LogP contribution < -0.4 is 5.73 Å². The number of rotatable bonds is 4. The van der Waals surface area contributed by atoms with Crippen molar-refractivity contribution in [3.63, 3.8) is 0 Å². The van der Waals surface area contributed by atoms with Crippen LogP contribution in [0.15, 0.2) is 0 Å². The standard InChI is InChI=1S/C10H15F3N2O/c1-4-5-8(14)9(16)15(7(2)3)6-10(11,12)13/h1,7-8H,5-6,14H2,2-3H3. The summed E-state index contributed by atoms with van der Waals surface area (Å²) in [7, 11) is 0. The molecule has 0 aliphatic carbocycles. The molecule has 1 amide bonds. The zero-order valence-corrected chi connectivity index (χ0v) is 9.21. The van der Waals surface area contributed by atoms with Gasteiger partial charge in [0, 0.05) is 12.5 Å². The molecule has 16 heavy (non-hydrogen) atoms. The minimum Gasteiger partial charge on any atom is -0.330 e. The van der Waals surface area contributed by atoms with Crippen LogP contribution in [0.4, 0.5) is 13.2 Å². The molecular weight excluding hydrogens is 221 g/mol. The van der Waals surface area contributed by atoms with E-state index in [0.29, 0.717) is 4.90 Å². The quantitative estimate of drug-likeness (QED) is 0.744. The molecule has 92 valence electrons. The number of nitrogens with two attached hydrogens (primary N) is 1. The van der Waals surface area contributed by atoms with Crippen molar-refractivity contribution in [2.24, 2.45) is 5.73 Å². The molecular formula is C10H15F3N2O. The van der Waals surface area contributed by atoms with Gasteiger partial charge in [-0.2, -0.15) is 13.2 Å². The molecule has 0 aromatic rings. The largest absolute Gasteiger partial charge is 0.406 e. The molecule has 1 atom stereocenters. The first-order valence-corrected chi connectivity index (χ1v) is 4.75. The summed E-state index contributed by atoms with van der Waals surface area (Å²) in [5.41, 5.74) is 5.38. The van der Waals surface area contributed by atoms with Gasteiger partial charge in [-0.3, -0.25) is 4.79 Å². The van der Waals surface area contributed by atoms with Gasteiger partial charge in [0.05, 0.1) is 6.04 Å². The zero-order valence-electron chi connectivity index (χ0n) is 9.21. The van der Waals surface area contributed by atoms with E-state index in [2.05, 4.69) is 5.92 Å².